The molecule has 0 saturated carbocycles. The first kappa shape index (κ1) is 19.7. The lowest BCUT2D eigenvalue weighted by Crippen LogP contribution is -2.32. The van der Waals surface area contributed by atoms with Gasteiger partial charge in [-0.05, 0) is 52.9 Å². The highest BCUT2D eigenvalue weighted by atomic mass is 31.2. The predicted molar refractivity (Wildman–Crippen MR) is 114 cm³/mol. The molecular weight excluding hydrogens is 355 g/mol. The highest BCUT2D eigenvalue weighted by Gasteiger charge is 2.33. The van der Waals surface area contributed by atoms with Crippen LogP contribution in [-0.2, 0) is 11.1 Å². The molecule has 3 rings (SSSR count). The van der Waals surface area contributed by atoms with Crippen LogP contribution in [0.2, 0.25) is 0 Å². The van der Waals surface area contributed by atoms with Crippen LogP contribution >= 0.6 is 7.59 Å². The molecule has 0 aliphatic heterocycles. The van der Waals surface area contributed by atoms with E-state index in [2.05, 4.69) is 24.3 Å². The Hall–Kier alpha value is -2.04. The maximum atomic E-state index is 13.6. The Kier molecular flexibility index (Phi) is 5.78. The van der Waals surface area contributed by atoms with Gasteiger partial charge in [-0.15, -0.1) is 0 Å². The number of pyridine rings is 1. The van der Waals surface area contributed by atoms with Gasteiger partial charge in [0, 0.05) is 17.5 Å². The standard InChI is InChI=1S/C21H27N4OP/c1-23(2)27(26,24(3)4)25(5)16-18-15-21(17-11-7-6-8-12-17)22-20-14-10-9-13-19(18)20/h6-15H,16H2,1-5H3. The first-order valence-corrected chi connectivity index (χ1v) is 10.5. The topological polar surface area (TPSA) is 39.7 Å². The zero-order valence-electron chi connectivity index (χ0n) is 16.6. The average molecular weight is 382 g/mol. The Labute approximate surface area is 161 Å². The minimum absolute atomic E-state index is 0.566. The van der Waals surface area contributed by atoms with Gasteiger partial charge >= 0.3 is 0 Å². The second-order valence-corrected chi connectivity index (χ2v) is 10.4. The maximum Gasteiger partial charge on any atom is 0.285 e. The monoisotopic (exact) mass is 382 g/mol. The van der Waals surface area contributed by atoms with Crippen molar-refractivity contribution < 1.29 is 4.57 Å². The molecule has 1 aromatic heterocycles. The van der Waals surface area contributed by atoms with Gasteiger partial charge in [0.1, 0.15) is 0 Å². The first-order chi connectivity index (χ1) is 12.8. The van der Waals surface area contributed by atoms with Crippen LogP contribution in [0.1, 0.15) is 5.56 Å². The number of fused-ring (bicyclic) bond motifs is 1. The largest absolute Gasteiger partial charge is 0.285 e. The van der Waals surface area contributed by atoms with Crippen LogP contribution < -0.4 is 0 Å². The zero-order valence-corrected chi connectivity index (χ0v) is 17.5. The van der Waals surface area contributed by atoms with E-state index in [9.17, 15) is 4.57 Å². The number of aromatic nitrogens is 1. The lowest BCUT2D eigenvalue weighted by molar-refractivity contribution is 0.355. The molecule has 3 aromatic rings. The summed E-state index contributed by atoms with van der Waals surface area (Å²) < 4.78 is 19.1. The fourth-order valence-electron chi connectivity index (χ4n) is 3.44. The minimum Gasteiger partial charge on any atom is -0.270 e. The smallest absolute Gasteiger partial charge is 0.270 e. The van der Waals surface area contributed by atoms with E-state index >= 15 is 0 Å². The summed E-state index contributed by atoms with van der Waals surface area (Å²) in [7, 11) is 6.54. The number of para-hydroxylation sites is 1. The molecule has 5 nitrogen and oxygen atoms in total. The van der Waals surface area contributed by atoms with E-state index in [0.29, 0.717) is 6.54 Å². The molecule has 1 heterocycles. The summed E-state index contributed by atoms with van der Waals surface area (Å²) in [5, 5.41) is 1.09. The molecule has 27 heavy (non-hydrogen) atoms. The van der Waals surface area contributed by atoms with Crippen LogP contribution in [0.25, 0.3) is 22.2 Å². The van der Waals surface area contributed by atoms with E-state index in [-0.39, 0.29) is 0 Å². The molecule has 0 amide bonds. The normalized spacial score (nSPS) is 12.4. The van der Waals surface area contributed by atoms with E-state index in [4.69, 9.17) is 4.98 Å². The zero-order chi connectivity index (χ0) is 19.6. The Morgan fingerprint density at radius 2 is 1.44 bits per heavy atom. The summed E-state index contributed by atoms with van der Waals surface area (Å²) in [4.78, 5) is 4.84. The highest BCUT2D eigenvalue weighted by Crippen LogP contribution is 2.52. The molecule has 0 saturated heterocycles. The molecule has 0 N–H and O–H groups in total. The molecule has 0 atom stereocenters. The first-order valence-electron chi connectivity index (χ1n) is 8.95. The van der Waals surface area contributed by atoms with Crippen molar-refractivity contribution in [3.05, 3.63) is 66.2 Å². The number of hydrogen-bond acceptors (Lipinski definition) is 2. The fourth-order valence-corrected chi connectivity index (χ4v) is 5.72. The van der Waals surface area contributed by atoms with Gasteiger partial charge < -0.3 is 0 Å². The molecule has 6 heteroatoms. The Balaban J connectivity index is 2.09. The SMILES string of the molecule is CN(C)P(=O)(N(C)C)N(C)Cc1cc(-c2ccccc2)nc2ccccc12. The Morgan fingerprint density at radius 3 is 2.07 bits per heavy atom. The van der Waals surface area contributed by atoms with Crippen molar-refractivity contribution in [2.24, 2.45) is 0 Å². The van der Waals surface area contributed by atoms with Gasteiger partial charge in [0.2, 0.25) is 0 Å². The van der Waals surface area contributed by atoms with Crippen LogP contribution in [0.5, 0.6) is 0 Å². The number of rotatable bonds is 6. The number of hydrogen-bond donors (Lipinski definition) is 0. The lowest BCUT2D eigenvalue weighted by Gasteiger charge is -2.37. The predicted octanol–water partition coefficient (Wildman–Crippen LogP) is 4.56. The van der Waals surface area contributed by atoms with E-state index in [1.54, 1.807) is 9.34 Å². The summed E-state index contributed by atoms with van der Waals surface area (Å²) >= 11 is 0. The quantitative estimate of drug-likeness (QED) is 0.584. The van der Waals surface area contributed by atoms with Crippen LogP contribution in [-0.4, -0.2) is 54.2 Å². The minimum atomic E-state index is -2.81. The van der Waals surface area contributed by atoms with Crippen molar-refractivity contribution in [2.75, 3.05) is 35.2 Å². The third-order valence-electron chi connectivity index (χ3n) is 4.76. The number of nitrogens with zero attached hydrogens (tertiary/aromatic N) is 4. The summed E-state index contributed by atoms with van der Waals surface area (Å²) in [5.74, 6) is 0. The molecule has 0 bridgehead atoms. The van der Waals surface area contributed by atoms with Crippen molar-refractivity contribution in [3.63, 3.8) is 0 Å². The van der Waals surface area contributed by atoms with Crippen LogP contribution in [0.15, 0.2) is 60.7 Å². The van der Waals surface area contributed by atoms with Crippen molar-refractivity contribution in [1.29, 1.82) is 0 Å². The van der Waals surface area contributed by atoms with E-state index in [0.717, 1.165) is 27.7 Å². The average Bonchev–Trinajstić information content (AvgIpc) is 2.67. The van der Waals surface area contributed by atoms with Crippen molar-refractivity contribution in [3.8, 4) is 11.3 Å². The van der Waals surface area contributed by atoms with E-state index in [1.165, 1.54) is 0 Å². The molecule has 142 valence electrons. The van der Waals surface area contributed by atoms with E-state index < -0.39 is 7.59 Å². The van der Waals surface area contributed by atoms with Gasteiger partial charge in [-0.2, -0.15) is 0 Å². The van der Waals surface area contributed by atoms with Gasteiger partial charge in [0.15, 0.2) is 0 Å². The Bertz CT molecular complexity index is 960. The maximum absolute atomic E-state index is 13.6. The molecule has 0 aliphatic rings. The van der Waals surface area contributed by atoms with E-state index in [1.807, 2.05) is 76.3 Å². The second-order valence-electron chi connectivity index (χ2n) is 7.07. The van der Waals surface area contributed by atoms with Gasteiger partial charge in [0.05, 0.1) is 11.2 Å². The molecular formula is C21H27N4OP. The molecule has 0 aliphatic carbocycles. The Morgan fingerprint density at radius 1 is 0.852 bits per heavy atom. The van der Waals surface area contributed by atoms with Gasteiger partial charge in [-0.25, -0.2) is 19.0 Å². The summed E-state index contributed by atoms with van der Waals surface area (Å²) in [6.07, 6.45) is 0. The summed E-state index contributed by atoms with van der Waals surface area (Å²) in [6.45, 7) is 0.566. The molecule has 0 fully saturated rings. The molecule has 0 unspecified atom stereocenters. The third kappa shape index (κ3) is 3.83. The van der Waals surface area contributed by atoms with Gasteiger partial charge in [-0.3, -0.25) is 4.57 Å². The van der Waals surface area contributed by atoms with Crippen molar-refractivity contribution >= 4 is 18.5 Å². The second kappa shape index (κ2) is 7.91. The van der Waals surface area contributed by atoms with Crippen LogP contribution in [0.4, 0.5) is 0 Å². The lowest BCUT2D eigenvalue weighted by atomic mass is 10.0. The summed E-state index contributed by atoms with van der Waals surface area (Å²) in [5.41, 5.74) is 4.08. The third-order valence-corrected chi connectivity index (χ3v) is 7.87. The number of benzene rings is 2. The molecule has 0 radical (unpaired) electrons. The van der Waals surface area contributed by atoms with Crippen LogP contribution in [0.3, 0.4) is 0 Å². The molecule has 0 spiro atoms. The van der Waals surface area contributed by atoms with Crippen molar-refractivity contribution in [2.45, 2.75) is 6.54 Å². The van der Waals surface area contributed by atoms with Crippen LogP contribution in [0, 0.1) is 0 Å². The summed E-state index contributed by atoms with van der Waals surface area (Å²) in [6, 6.07) is 20.4. The fraction of sp³-hybridized carbons (Fsp3) is 0.286. The molecule has 2 aromatic carbocycles. The highest BCUT2D eigenvalue weighted by molar-refractivity contribution is 7.56. The van der Waals surface area contributed by atoms with Gasteiger partial charge in [-0.1, -0.05) is 48.5 Å². The van der Waals surface area contributed by atoms with Gasteiger partial charge in [0.25, 0.3) is 7.59 Å². The van der Waals surface area contributed by atoms with Crippen molar-refractivity contribution in [1.82, 2.24) is 19.0 Å².